The quantitative estimate of drug-likeness (QED) is 0.370. The van der Waals surface area contributed by atoms with E-state index in [0.717, 1.165) is 43.2 Å². The SMILES string of the molecule is C=C(C)[C@@H]1CCC(C)=C[C@H]1c1c(O)cc(O)c(C(=O)OC)c1CCCCC. The van der Waals surface area contributed by atoms with Crippen LogP contribution >= 0.6 is 0 Å². The zero-order chi connectivity index (χ0) is 20.1. The fourth-order valence-corrected chi connectivity index (χ4v) is 4.14. The fourth-order valence-electron chi connectivity index (χ4n) is 4.14. The number of hydrogen-bond donors (Lipinski definition) is 2. The largest absolute Gasteiger partial charge is 0.507 e. The van der Waals surface area contributed by atoms with Gasteiger partial charge in [0, 0.05) is 17.5 Å². The first kappa shape index (κ1) is 21.1. The second-order valence-electron chi connectivity index (χ2n) is 7.66. The Kier molecular flexibility index (Phi) is 7.11. The number of allylic oxidation sites excluding steroid dienone is 3. The number of phenols is 2. The Bertz CT molecular complexity index is 745. The zero-order valence-corrected chi connectivity index (χ0v) is 17.0. The smallest absolute Gasteiger partial charge is 0.341 e. The third-order valence-corrected chi connectivity index (χ3v) is 5.57. The van der Waals surface area contributed by atoms with Crippen molar-refractivity contribution in [1.29, 1.82) is 0 Å². The Labute approximate surface area is 162 Å². The van der Waals surface area contributed by atoms with Crippen LogP contribution in [0.2, 0.25) is 0 Å². The van der Waals surface area contributed by atoms with Gasteiger partial charge in [-0.25, -0.2) is 4.79 Å². The molecule has 2 atom stereocenters. The molecule has 1 aliphatic carbocycles. The van der Waals surface area contributed by atoms with Crippen LogP contribution < -0.4 is 0 Å². The number of carbonyl (C=O) groups is 1. The number of rotatable bonds is 7. The molecule has 1 aliphatic rings. The molecular weight excluding hydrogens is 340 g/mol. The number of aromatic hydroxyl groups is 2. The summed E-state index contributed by atoms with van der Waals surface area (Å²) in [5, 5.41) is 21.2. The minimum atomic E-state index is -0.566. The van der Waals surface area contributed by atoms with E-state index in [1.807, 2.05) is 6.92 Å². The van der Waals surface area contributed by atoms with Crippen LogP contribution in [0.4, 0.5) is 0 Å². The molecule has 4 heteroatoms. The van der Waals surface area contributed by atoms with Gasteiger partial charge in [0.2, 0.25) is 0 Å². The molecule has 0 fully saturated rings. The highest BCUT2D eigenvalue weighted by Gasteiger charge is 2.33. The topological polar surface area (TPSA) is 66.8 Å². The average Bonchev–Trinajstić information content (AvgIpc) is 2.61. The summed E-state index contributed by atoms with van der Waals surface area (Å²) < 4.78 is 4.93. The highest BCUT2D eigenvalue weighted by molar-refractivity contribution is 5.95. The van der Waals surface area contributed by atoms with Crippen molar-refractivity contribution in [2.45, 2.75) is 65.2 Å². The summed E-state index contributed by atoms with van der Waals surface area (Å²) >= 11 is 0. The highest BCUT2D eigenvalue weighted by Crippen LogP contribution is 2.47. The van der Waals surface area contributed by atoms with E-state index in [1.165, 1.54) is 18.7 Å². The third kappa shape index (κ3) is 4.55. The van der Waals surface area contributed by atoms with Gasteiger partial charge in [-0.2, -0.15) is 0 Å². The van der Waals surface area contributed by atoms with E-state index in [9.17, 15) is 15.0 Å². The van der Waals surface area contributed by atoms with Crippen LogP contribution in [-0.2, 0) is 11.2 Å². The van der Waals surface area contributed by atoms with E-state index >= 15 is 0 Å². The van der Waals surface area contributed by atoms with Gasteiger partial charge < -0.3 is 14.9 Å². The van der Waals surface area contributed by atoms with Crippen molar-refractivity contribution in [3.63, 3.8) is 0 Å². The Balaban J connectivity index is 2.70. The van der Waals surface area contributed by atoms with E-state index in [4.69, 9.17) is 4.74 Å². The summed E-state index contributed by atoms with van der Waals surface area (Å²) in [6.45, 7) is 10.4. The maximum atomic E-state index is 12.4. The number of methoxy groups -OCH3 is 1. The maximum absolute atomic E-state index is 12.4. The molecule has 148 valence electrons. The van der Waals surface area contributed by atoms with Gasteiger partial charge in [-0.05, 0) is 51.0 Å². The first-order valence-corrected chi connectivity index (χ1v) is 9.80. The van der Waals surface area contributed by atoms with Crippen molar-refractivity contribution >= 4 is 5.97 Å². The molecule has 0 bridgehead atoms. The molecule has 0 spiro atoms. The lowest BCUT2D eigenvalue weighted by atomic mass is 9.72. The zero-order valence-electron chi connectivity index (χ0n) is 17.0. The summed E-state index contributed by atoms with van der Waals surface area (Å²) in [6, 6.07) is 1.28. The molecule has 0 aliphatic heterocycles. The third-order valence-electron chi connectivity index (χ3n) is 5.57. The van der Waals surface area contributed by atoms with Crippen molar-refractivity contribution in [2.75, 3.05) is 7.11 Å². The van der Waals surface area contributed by atoms with Gasteiger partial charge in [0.05, 0.1) is 7.11 Å². The highest BCUT2D eigenvalue weighted by atomic mass is 16.5. The Morgan fingerprint density at radius 3 is 2.59 bits per heavy atom. The van der Waals surface area contributed by atoms with Crippen molar-refractivity contribution in [3.05, 3.63) is 46.6 Å². The number of ether oxygens (including phenoxy) is 1. The summed E-state index contributed by atoms with van der Waals surface area (Å²) in [6.07, 6.45) is 7.70. The number of carbonyl (C=O) groups excluding carboxylic acids is 1. The van der Waals surface area contributed by atoms with Gasteiger partial charge in [0.1, 0.15) is 17.1 Å². The normalized spacial score (nSPS) is 19.5. The lowest BCUT2D eigenvalue weighted by Crippen LogP contribution is -2.20. The second kappa shape index (κ2) is 9.12. The van der Waals surface area contributed by atoms with Crippen LogP contribution in [0.25, 0.3) is 0 Å². The summed E-state index contributed by atoms with van der Waals surface area (Å²) in [7, 11) is 1.31. The maximum Gasteiger partial charge on any atom is 0.341 e. The van der Waals surface area contributed by atoms with E-state index in [-0.39, 0.29) is 28.9 Å². The van der Waals surface area contributed by atoms with E-state index < -0.39 is 5.97 Å². The monoisotopic (exact) mass is 372 g/mol. The molecule has 0 radical (unpaired) electrons. The van der Waals surface area contributed by atoms with E-state index in [1.54, 1.807) is 0 Å². The molecule has 0 amide bonds. The number of esters is 1. The molecule has 0 aromatic heterocycles. The molecule has 2 N–H and O–H groups in total. The van der Waals surface area contributed by atoms with Gasteiger partial charge in [-0.15, -0.1) is 0 Å². The van der Waals surface area contributed by atoms with Crippen molar-refractivity contribution in [2.24, 2.45) is 5.92 Å². The van der Waals surface area contributed by atoms with Crippen molar-refractivity contribution in [3.8, 4) is 11.5 Å². The van der Waals surface area contributed by atoms with Gasteiger partial charge in [-0.1, -0.05) is 43.6 Å². The van der Waals surface area contributed by atoms with Gasteiger partial charge in [0.15, 0.2) is 0 Å². The average molecular weight is 373 g/mol. The number of phenolic OH excluding ortho intramolecular Hbond substituents is 2. The Morgan fingerprint density at radius 1 is 1.30 bits per heavy atom. The molecule has 1 aromatic rings. The van der Waals surface area contributed by atoms with Crippen LogP contribution in [-0.4, -0.2) is 23.3 Å². The predicted molar refractivity (Wildman–Crippen MR) is 108 cm³/mol. The number of hydrogen-bond acceptors (Lipinski definition) is 4. The van der Waals surface area contributed by atoms with Crippen LogP contribution in [0, 0.1) is 5.92 Å². The minimum absolute atomic E-state index is 0.0360. The molecule has 0 saturated carbocycles. The molecule has 1 aromatic carbocycles. The van der Waals surface area contributed by atoms with Crippen LogP contribution in [0.1, 0.15) is 80.3 Å². The first-order chi connectivity index (χ1) is 12.8. The molecule has 0 heterocycles. The lowest BCUT2D eigenvalue weighted by Gasteiger charge is -2.33. The van der Waals surface area contributed by atoms with Gasteiger partial charge >= 0.3 is 5.97 Å². The van der Waals surface area contributed by atoms with E-state index in [0.29, 0.717) is 12.0 Å². The van der Waals surface area contributed by atoms with E-state index in [2.05, 4.69) is 26.5 Å². The van der Waals surface area contributed by atoms with Crippen molar-refractivity contribution < 1.29 is 19.7 Å². The fraction of sp³-hybridized carbons (Fsp3) is 0.522. The number of unbranched alkanes of at least 4 members (excludes halogenated alkanes) is 2. The van der Waals surface area contributed by atoms with Crippen LogP contribution in [0.5, 0.6) is 11.5 Å². The predicted octanol–water partition coefficient (Wildman–Crippen LogP) is 5.63. The summed E-state index contributed by atoms with van der Waals surface area (Å²) in [5.74, 6) is -0.619. The summed E-state index contributed by atoms with van der Waals surface area (Å²) in [5.41, 5.74) is 3.95. The molecule has 0 unspecified atom stereocenters. The van der Waals surface area contributed by atoms with Gasteiger partial charge in [-0.3, -0.25) is 0 Å². The molecule has 0 saturated heterocycles. The molecule has 27 heavy (non-hydrogen) atoms. The van der Waals surface area contributed by atoms with Crippen molar-refractivity contribution in [1.82, 2.24) is 0 Å². The molecule has 4 nitrogen and oxygen atoms in total. The minimum Gasteiger partial charge on any atom is -0.507 e. The first-order valence-electron chi connectivity index (χ1n) is 9.80. The number of benzene rings is 1. The Hall–Kier alpha value is -2.23. The Morgan fingerprint density at radius 2 is 2.00 bits per heavy atom. The molecular formula is C23H32O4. The standard InChI is InChI=1S/C23H32O4/c1-6-7-8-9-17-21(18-12-15(4)10-11-16(18)14(2)3)19(24)13-20(25)22(17)23(26)27-5/h12-13,16,18,24-25H,2,6-11H2,1,3-5H3/t16-,18+/m0/s1. The molecule has 2 rings (SSSR count). The van der Waals surface area contributed by atoms with Crippen LogP contribution in [0.3, 0.4) is 0 Å². The van der Waals surface area contributed by atoms with Crippen LogP contribution in [0.15, 0.2) is 29.9 Å². The van der Waals surface area contributed by atoms with Gasteiger partial charge in [0.25, 0.3) is 0 Å². The lowest BCUT2D eigenvalue weighted by molar-refractivity contribution is 0.0596. The summed E-state index contributed by atoms with van der Waals surface area (Å²) in [4.78, 5) is 12.4. The second-order valence-corrected chi connectivity index (χ2v) is 7.66.